The summed E-state index contributed by atoms with van der Waals surface area (Å²) in [7, 11) is 1.68. The minimum absolute atomic E-state index is 0.000990. The van der Waals surface area contributed by atoms with E-state index in [0.29, 0.717) is 44.6 Å². The van der Waals surface area contributed by atoms with Gasteiger partial charge in [-0.25, -0.2) is 4.79 Å². The van der Waals surface area contributed by atoms with Gasteiger partial charge in [0.2, 0.25) is 29.5 Å². The molecule has 0 spiro atoms. The predicted octanol–water partition coefficient (Wildman–Crippen LogP) is 6.02. The third-order valence-corrected chi connectivity index (χ3v) is 15.3. The summed E-state index contributed by atoms with van der Waals surface area (Å²) < 4.78 is 21.6. The minimum Gasteiger partial charge on any atom is -0.508 e. The van der Waals surface area contributed by atoms with Crippen LogP contribution in [0.15, 0.2) is 24.3 Å². The van der Waals surface area contributed by atoms with Crippen molar-refractivity contribution in [3.05, 3.63) is 29.8 Å². The Morgan fingerprint density at radius 1 is 0.548 bits per heavy atom. The second-order valence-corrected chi connectivity index (χ2v) is 22.4. The van der Waals surface area contributed by atoms with Crippen molar-refractivity contribution in [1.82, 2.24) is 31.9 Å². The van der Waals surface area contributed by atoms with Gasteiger partial charge in [0.15, 0.2) is 5.78 Å². The van der Waals surface area contributed by atoms with Gasteiger partial charge in [-0.1, -0.05) is 108 Å². The molecule has 1 fully saturated rings. The molecule has 1 aromatic carbocycles. The molecule has 22 nitrogen and oxygen atoms in total. The summed E-state index contributed by atoms with van der Waals surface area (Å²) in [5.74, 6) is -4.05. The molecule has 0 radical (unpaired) electrons. The number of phenolic OH excluding ortho intramolecular Hbond substituents is 1. The van der Waals surface area contributed by atoms with E-state index in [1.807, 2.05) is 0 Å². The van der Waals surface area contributed by atoms with Crippen LogP contribution in [-0.2, 0) is 63.7 Å². The highest BCUT2D eigenvalue weighted by atomic mass is 16.5. The fraction of sp³-hybridized carbons (Fsp3) is 0.774. The number of carbonyl (C=O) groups excluding carboxylic acids is 6. The van der Waals surface area contributed by atoms with Crippen molar-refractivity contribution >= 4 is 47.3 Å². The molecule has 480 valence electrons. The first-order valence-corrected chi connectivity index (χ1v) is 31.5. The van der Waals surface area contributed by atoms with Crippen molar-refractivity contribution in [2.45, 2.75) is 198 Å². The van der Waals surface area contributed by atoms with E-state index in [2.05, 4.69) is 31.9 Å². The van der Waals surface area contributed by atoms with Gasteiger partial charge in [-0.2, -0.15) is 0 Å². The van der Waals surface area contributed by atoms with Gasteiger partial charge in [-0.05, 0) is 114 Å². The van der Waals surface area contributed by atoms with Crippen LogP contribution in [0.3, 0.4) is 0 Å². The molecule has 0 aromatic heterocycles. The van der Waals surface area contributed by atoms with Gasteiger partial charge in [0.05, 0.1) is 45.7 Å². The Bertz CT molecular complexity index is 1960. The number of nitrogens with two attached hydrogens (primary N) is 1. The van der Waals surface area contributed by atoms with E-state index >= 15 is 0 Å². The fourth-order valence-electron chi connectivity index (χ4n) is 10.2. The number of rotatable bonds is 56. The Labute approximate surface area is 500 Å². The zero-order valence-corrected chi connectivity index (χ0v) is 50.7. The number of aromatic hydroxyl groups is 1. The average Bonchev–Trinajstić information content (AvgIpc) is 3.63. The molecule has 0 unspecified atom stereocenters. The van der Waals surface area contributed by atoms with E-state index in [9.17, 15) is 48.6 Å². The van der Waals surface area contributed by atoms with Crippen molar-refractivity contribution in [2.75, 3.05) is 92.6 Å². The molecule has 1 aromatic rings. The smallest absolute Gasteiger partial charge is 0.326 e. The number of ketones is 1. The molecule has 1 aliphatic carbocycles. The molecular weight excluding hydrogens is 1080 g/mol. The Morgan fingerprint density at radius 2 is 1.04 bits per heavy atom. The van der Waals surface area contributed by atoms with Crippen LogP contribution in [0, 0.1) is 17.8 Å². The molecular formula is C62H107N7O15. The molecule has 84 heavy (non-hydrogen) atoms. The summed E-state index contributed by atoms with van der Waals surface area (Å²) in [5, 5.41) is 45.4. The maximum absolute atomic E-state index is 13.0. The summed E-state index contributed by atoms with van der Waals surface area (Å²) in [6.07, 6.45) is 26.7. The summed E-state index contributed by atoms with van der Waals surface area (Å²) in [4.78, 5) is 97.2. The maximum Gasteiger partial charge on any atom is 0.326 e. The van der Waals surface area contributed by atoms with Crippen LogP contribution in [-0.4, -0.2) is 167 Å². The molecule has 0 aliphatic heterocycles. The first kappa shape index (κ1) is 74.8. The van der Waals surface area contributed by atoms with Gasteiger partial charge in [-0.15, -0.1) is 0 Å². The van der Waals surface area contributed by atoms with E-state index in [-0.39, 0.29) is 126 Å². The first-order valence-electron chi connectivity index (χ1n) is 31.5. The van der Waals surface area contributed by atoms with Gasteiger partial charge in [0.25, 0.3) is 0 Å². The van der Waals surface area contributed by atoms with Crippen LogP contribution < -0.4 is 37.6 Å². The summed E-state index contributed by atoms with van der Waals surface area (Å²) in [5.41, 5.74) is 6.37. The van der Waals surface area contributed by atoms with Crippen LogP contribution in [0.25, 0.3) is 0 Å². The number of likely N-dealkylation sites (N-methyl/N-ethyl adjacent to an activating group) is 1. The van der Waals surface area contributed by atoms with Crippen molar-refractivity contribution in [3.8, 4) is 5.75 Å². The van der Waals surface area contributed by atoms with Crippen LogP contribution in [0.5, 0.6) is 5.75 Å². The highest BCUT2D eigenvalue weighted by molar-refractivity contribution is 5.89. The Balaban J connectivity index is 1.35. The number of unbranched alkanes of at least 4 members (excludes halogenated alkanes) is 17. The van der Waals surface area contributed by atoms with Crippen molar-refractivity contribution in [3.63, 3.8) is 0 Å². The van der Waals surface area contributed by atoms with Crippen molar-refractivity contribution in [1.29, 1.82) is 0 Å². The van der Waals surface area contributed by atoms with Crippen molar-refractivity contribution in [2.24, 2.45) is 23.5 Å². The quantitative estimate of drug-likeness (QED) is 0.0333. The molecule has 1 aliphatic rings. The number of ether oxygens (including phenoxy) is 4. The summed E-state index contributed by atoms with van der Waals surface area (Å²) >= 11 is 0. The molecule has 0 saturated heterocycles. The number of Topliss-reactive ketones (excluding diaryl/α,β-unsaturated/α-hetero) is 1. The molecule has 0 heterocycles. The Morgan fingerprint density at radius 3 is 1.55 bits per heavy atom. The van der Waals surface area contributed by atoms with Gasteiger partial charge in [-0.3, -0.25) is 33.6 Å². The SMILES string of the molecule is CN[C@@H](CCCCNC(=O)COCCOCCNC(=O)COCCOCCNC(=O)CC[C@H](NC(=O)C1CCC(CNCCCCCCCCCCCCCCCCCCCC(=O)O)CC1)C(=O)O)C(=O)C[C@@H](Cc1ccc(O)cc1)C(N)=O. The molecule has 1 saturated carbocycles. The number of benzene rings is 1. The maximum atomic E-state index is 13.0. The van der Waals surface area contributed by atoms with Crippen LogP contribution in [0.1, 0.15) is 185 Å². The third-order valence-electron chi connectivity index (χ3n) is 15.3. The fourth-order valence-corrected chi connectivity index (χ4v) is 10.2. The number of hydrogen-bond donors (Lipinski definition) is 10. The lowest BCUT2D eigenvalue weighted by Crippen LogP contribution is -2.45. The molecule has 2 rings (SSSR count). The van der Waals surface area contributed by atoms with E-state index in [0.717, 1.165) is 63.6 Å². The lowest BCUT2D eigenvalue weighted by atomic mass is 9.81. The highest BCUT2D eigenvalue weighted by Crippen LogP contribution is 2.29. The van der Waals surface area contributed by atoms with Crippen LogP contribution in [0.2, 0.25) is 0 Å². The number of carbonyl (C=O) groups is 8. The molecule has 5 amide bonds. The Hall–Kier alpha value is -5.26. The lowest BCUT2D eigenvalue weighted by Gasteiger charge is -2.29. The molecule has 11 N–H and O–H groups in total. The monoisotopic (exact) mass is 1190 g/mol. The normalized spacial score (nSPS) is 15.2. The molecule has 3 atom stereocenters. The summed E-state index contributed by atoms with van der Waals surface area (Å²) in [6, 6.07) is 4.82. The van der Waals surface area contributed by atoms with Gasteiger partial charge >= 0.3 is 11.9 Å². The third kappa shape index (κ3) is 40.9. The zero-order valence-electron chi connectivity index (χ0n) is 50.7. The average molecular weight is 1190 g/mol. The zero-order chi connectivity index (χ0) is 61.3. The number of hydrogen-bond acceptors (Lipinski definition) is 15. The van der Waals surface area contributed by atoms with E-state index < -0.39 is 35.8 Å². The van der Waals surface area contributed by atoms with E-state index in [1.165, 1.54) is 102 Å². The number of carboxylic acids is 2. The van der Waals surface area contributed by atoms with Gasteiger partial charge < -0.3 is 71.9 Å². The van der Waals surface area contributed by atoms with E-state index in [4.69, 9.17) is 29.8 Å². The first-order chi connectivity index (χ1) is 40.7. The number of carboxylic acid groups (broad SMARTS) is 2. The van der Waals surface area contributed by atoms with Gasteiger partial charge in [0.1, 0.15) is 25.0 Å². The number of primary amides is 1. The lowest BCUT2D eigenvalue weighted by molar-refractivity contribution is -0.143. The highest BCUT2D eigenvalue weighted by Gasteiger charge is 2.30. The van der Waals surface area contributed by atoms with Crippen LogP contribution in [0.4, 0.5) is 0 Å². The van der Waals surface area contributed by atoms with Gasteiger partial charge in [0, 0.05) is 50.7 Å². The van der Waals surface area contributed by atoms with Crippen molar-refractivity contribution < 1.29 is 72.6 Å². The minimum atomic E-state index is -1.17. The second kappa shape index (κ2) is 49.9. The second-order valence-electron chi connectivity index (χ2n) is 22.4. The number of phenols is 1. The molecule has 22 heteroatoms. The topological polar surface area (TPSA) is 332 Å². The largest absolute Gasteiger partial charge is 0.508 e. The Kier molecular flexibility index (Phi) is 44.5. The van der Waals surface area contributed by atoms with E-state index in [1.54, 1.807) is 19.2 Å². The number of aliphatic carboxylic acids is 2. The van der Waals surface area contributed by atoms with Crippen LogP contribution >= 0.6 is 0 Å². The standard InChI is InChI=1S/C62H107N7O15/c1-64-53(55(71)44-51(60(63)77)43-48-25-29-52(70)30-26-48)21-18-20-34-66-57(73)46-83-41-40-82-38-36-68-58(74)47-84-42-39-81-37-35-67-56(72)32-31-54(62(79)80)69-61(78)50-27-23-49(24-28-50)45-65-33-19-16-14-12-10-8-6-4-2-3-5-7-9-11-13-15-17-22-59(75)76/h25-26,29-30,49-51,53-54,64-65,70H,2-24,27-28,31-47H2,1H3,(H2,63,77)(H,66,73)(H,67,72)(H,68,74)(H,69,78)(H,75,76)(H,79,80)/t49?,50?,51-,53+,54+/m1/s1. The molecule has 0 bridgehead atoms. The number of nitrogens with one attached hydrogen (secondary N) is 6. The predicted molar refractivity (Wildman–Crippen MR) is 321 cm³/mol. The summed E-state index contributed by atoms with van der Waals surface area (Å²) in [6.45, 7) is 3.63. The number of amides is 5.